The van der Waals surface area contributed by atoms with Crippen LogP contribution in [0.4, 0.5) is 0 Å². The molecule has 0 saturated carbocycles. The van der Waals surface area contributed by atoms with Gasteiger partial charge >= 0.3 is 5.97 Å². The SMILES string of the molecule is C=CCOc1ccc(C(=O)N/N=C/c2ccc(OC(=O)c3ccc(OCCC)cc3)cc2)cc1. The summed E-state index contributed by atoms with van der Waals surface area (Å²) < 4.78 is 16.3. The molecular weight excluding hydrogens is 432 g/mol. The van der Waals surface area contributed by atoms with E-state index < -0.39 is 5.97 Å². The van der Waals surface area contributed by atoms with Crippen molar-refractivity contribution in [3.05, 3.63) is 102 Å². The van der Waals surface area contributed by atoms with Crippen LogP contribution in [-0.2, 0) is 0 Å². The summed E-state index contributed by atoms with van der Waals surface area (Å²) in [7, 11) is 0. The monoisotopic (exact) mass is 458 g/mol. The summed E-state index contributed by atoms with van der Waals surface area (Å²) in [6.45, 7) is 6.64. The van der Waals surface area contributed by atoms with Crippen LogP contribution in [0.3, 0.4) is 0 Å². The fourth-order valence-corrected chi connectivity index (χ4v) is 2.78. The van der Waals surface area contributed by atoms with Crippen molar-refractivity contribution in [3.63, 3.8) is 0 Å². The van der Waals surface area contributed by atoms with Crippen molar-refractivity contribution in [2.45, 2.75) is 13.3 Å². The van der Waals surface area contributed by atoms with Crippen LogP contribution >= 0.6 is 0 Å². The van der Waals surface area contributed by atoms with Gasteiger partial charge in [0.1, 0.15) is 23.9 Å². The van der Waals surface area contributed by atoms with Crippen molar-refractivity contribution >= 4 is 18.1 Å². The number of ether oxygens (including phenoxy) is 3. The van der Waals surface area contributed by atoms with Crippen molar-refractivity contribution in [2.75, 3.05) is 13.2 Å². The number of hydrogen-bond acceptors (Lipinski definition) is 6. The molecule has 1 amide bonds. The minimum absolute atomic E-state index is 0.344. The average molecular weight is 459 g/mol. The first-order valence-electron chi connectivity index (χ1n) is 10.8. The Morgan fingerprint density at radius 1 is 0.853 bits per heavy atom. The van der Waals surface area contributed by atoms with Crippen molar-refractivity contribution < 1.29 is 23.8 Å². The van der Waals surface area contributed by atoms with E-state index in [1.807, 2.05) is 6.92 Å². The smallest absolute Gasteiger partial charge is 0.343 e. The number of carbonyl (C=O) groups is 2. The molecule has 3 aromatic rings. The average Bonchev–Trinajstić information content (AvgIpc) is 2.87. The molecule has 0 bridgehead atoms. The van der Waals surface area contributed by atoms with Gasteiger partial charge in [-0.3, -0.25) is 4.79 Å². The second kappa shape index (κ2) is 12.6. The van der Waals surface area contributed by atoms with Crippen LogP contribution in [0.5, 0.6) is 17.2 Å². The van der Waals surface area contributed by atoms with Crippen LogP contribution in [0.1, 0.15) is 39.6 Å². The molecule has 3 aromatic carbocycles. The van der Waals surface area contributed by atoms with Crippen LogP contribution in [0.2, 0.25) is 0 Å². The van der Waals surface area contributed by atoms with Crippen LogP contribution in [0.15, 0.2) is 90.6 Å². The lowest BCUT2D eigenvalue weighted by molar-refractivity contribution is 0.0734. The summed E-state index contributed by atoms with van der Waals surface area (Å²) in [5, 5.41) is 3.97. The van der Waals surface area contributed by atoms with Gasteiger partial charge in [-0.05, 0) is 84.8 Å². The van der Waals surface area contributed by atoms with Gasteiger partial charge in [0, 0.05) is 5.56 Å². The molecule has 0 aliphatic carbocycles. The predicted octanol–water partition coefficient (Wildman–Crippen LogP) is 5.02. The Morgan fingerprint density at radius 3 is 2.06 bits per heavy atom. The van der Waals surface area contributed by atoms with Gasteiger partial charge in [0.2, 0.25) is 0 Å². The number of hydrogen-bond donors (Lipinski definition) is 1. The summed E-state index contributed by atoms with van der Waals surface area (Å²) in [6.07, 6.45) is 4.06. The Bertz CT molecular complexity index is 1120. The molecule has 0 unspecified atom stereocenters. The van der Waals surface area contributed by atoms with Gasteiger partial charge in [0.15, 0.2) is 0 Å². The number of nitrogens with zero attached hydrogens (tertiary/aromatic N) is 1. The van der Waals surface area contributed by atoms with Crippen LogP contribution in [-0.4, -0.2) is 31.3 Å². The molecule has 7 heteroatoms. The number of hydrazone groups is 1. The lowest BCUT2D eigenvalue weighted by atomic mass is 10.2. The van der Waals surface area contributed by atoms with Crippen molar-refractivity contribution in [1.29, 1.82) is 0 Å². The Hall–Kier alpha value is -4.39. The van der Waals surface area contributed by atoms with E-state index in [9.17, 15) is 9.59 Å². The molecule has 1 N–H and O–H groups in total. The quantitative estimate of drug-likeness (QED) is 0.143. The van der Waals surface area contributed by atoms with Crippen LogP contribution in [0, 0.1) is 0 Å². The first-order valence-corrected chi connectivity index (χ1v) is 10.8. The van der Waals surface area contributed by atoms with E-state index in [4.69, 9.17) is 14.2 Å². The molecule has 174 valence electrons. The Labute approximate surface area is 198 Å². The molecule has 0 atom stereocenters. The lowest BCUT2D eigenvalue weighted by Gasteiger charge is -2.07. The molecule has 7 nitrogen and oxygen atoms in total. The molecule has 0 spiro atoms. The van der Waals surface area contributed by atoms with E-state index in [2.05, 4.69) is 17.1 Å². The van der Waals surface area contributed by atoms with E-state index in [-0.39, 0.29) is 5.91 Å². The van der Waals surface area contributed by atoms with Crippen LogP contribution < -0.4 is 19.6 Å². The maximum Gasteiger partial charge on any atom is 0.343 e. The fraction of sp³-hybridized carbons (Fsp3) is 0.148. The maximum atomic E-state index is 12.3. The third kappa shape index (κ3) is 7.34. The first-order chi connectivity index (χ1) is 16.6. The Kier molecular flexibility index (Phi) is 8.99. The van der Waals surface area contributed by atoms with E-state index in [0.717, 1.165) is 12.0 Å². The molecule has 0 radical (unpaired) electrons. The first kappa shape index (κ1) is 24.3. The minimum atomic E-state index is -0.461. The third-order valence-electron chi connectivity index (χ3n) is 4.52. The van der Waals surface area contributed by atoms with Crippen molar-refractivity contribution in [2.24, 2.45) is 5.10 Å². The largest absolute Gasteiger partial charge is 0.494 e. The number of esters is 1. The summed E-state index contributed by atoms with van der Waals surface area (Å²) in [5.74, 6) is 0.957. The highest BCUT2D eigenvalue weighted by Gasteiger charge is 2.09. The summed E-state index contributed by atoms with van der Waals surface area (Å²) in [6, 6.07) is 20.3. The summed E-state index contributed by atoms with van der Waals surface area (Å²) in [5.41, 5.74) is 4.08. The molecule has 0 heterocycles. The highest BCUT2D eigenvalue weighted by atomic mass is 16.5. The number of nitrogens with one attached hydrogen (secondary N) is 1. The van der Waals surface area contributed by atoms with Crippen molar-refractivity contribution in [1.82, 2.24) is 5.43 Å². The standard InChI is InChI=1S/C27H26N2O5/c1-3-17-32-23-13-7-21(8-14-23)26(30)29-28-19-20-5-11-25(12-6-20)34-27(31)22-9-15-24(16-10-22)33-18-4-2/h3,5-16,19H,1,4,17-18H2,2H3,(H,29,30)/b28-19+. The number of amides is 1. The second-order valence-corrected chi connectivity index (χ2v) is 7.15. The normalized spacial score (nSPS) is 10.5. The zero-order valence-electron chi connectivity index (χ0n) is 18.9. The van der Waals surface area contributed by atoms with Gasteiger partial charge in [0.25, 0.3) is 5.91 Å². The molecule has 34 heavy (non-hydrogen) atoms. The second-order valence-electron chi connectivity index (χ2n) is 7.15. The fourth-order valence-electron chi connectivity index (χ4n) is 2.78. The maximum absolute atomic E-state index is 12.3. The number of rotatable bonds is 11. The zero-order valence-corrected chi connectivity index (χ0v) is 18.9. The molecule has 0 aromatic heterocycles. The van der Waals surface area contributed by atoms with E-state index >= 15 is 0 Å². The predicted molar refractivity (Wildman–Crippen MR) is 131 cm³/mol. The van der Waals surface area contributed by atoms with Gasteiger partial charge in [-0.25, -0.2) is 10.2 Å². The van der Waals surface area contributed by atoms with Gasteiger partial charge in [-0.1, -0.05) is 19.6 Å². The molecule has 0 aliphatic rings. The third-order valence-corrected chi connectivity index (χ3v) is 4.52. The van der Waals surface area contributed by atoms with Gasteiger partial charge in [-0.15, -0.1) is 0 Å². The van der Waals surface area contributed by atoms with E-state index in [0.29, 0.717) is 41.6 Å². The van der Waals surface area contributed by atoms with E-state index in [1.165, 1.54) is 6.21 Å². The van der Waals surface area contributed by atoms with Gasteiger partial charge < -0.3 is 14.2 Å². The van der Waals surface area contributed by atoms with Crippen LogP contribution in [0.25, 0.3) is 0 Å². The number of benzene rings is 3. The molecule has 0 saturated heterocycles. The highest BCUT2D eigenvalue weighted by molar-refractivity contribution is 5.95. The van der Waals surface area contributed by atoms with Gasteiger partial charge in [-0.2, -0.15) is 5.10 Å². The number of carbonyl (C=O) groups excluding carboxylic acids is 2. The van der Waals surface area contributed by atoms with E-state index in [1.54, 1.807) is 78.9 Å². The minimum Gasteiger partial charge on any atom is -0.494 e. The molecule has 3 rings (SSSR count). The Balaban J connectivity index is 1.49. The molecule has 0 fully saturated rings. The summed E-state index contributed by atoms with van der Waals surface area (Å²) in [4.78, 5) is 24.5. The Morgan fingerprint density at radius 2 is 1.44 bits per heavy atom. The molecular formula is C27H26N2O5. The topological polar surface area (TPSA) is 86.2 Å². The highest BCUT2D eigenvalue weighted by Crippen LogP contribution is 2.17. The summed E-state index contributed by atoms with van der Waals surface area (Å²) >= 11 is 0. The zero-order chi connectivity index (χ0) is 24.2. The van der Waals surface area contributed by atoms with Crippen molar-refractivity contribution in [3.8, 4) is 17.2 Å². The molecule has 0 aliphatic heterocycles. The van der Waals surface area contributed by atoms with Gasteiger partial charge in [0.05, 0.1) is 18.4 Å². The lowest BCUT2D eigenvalue weighted by Crippen LogP contribution is -2.17.